The van der Waals surface area contributed by atoms with Gasteiger partial charge in [-0.05, 0) is 46.8 Å². The van der Waals surface area contributed by atoms with Gasteiger partial charge in [-0.3, -0.25) is 4.98 Å². The molecular weight excluding hydrogens is 410 g/mol. The average molecular weight is 432 g/mol. The van der Waals surface area contributed by atoms with Crippen molar-refractivity contribution in [1.29, 1.82) is 0 Å². The minimum absolute atomic E-state index is 0.614. The first-order valence-electron chi connectivity index (χ1n) is 9.04. The van der Waals surface area contributed by atoms with E-state index in [0.29, 0.717) is 18.5 Å². The van der Waals surface area contributed by atoms with Crippen molar-refractivity contribution in [2.45, 2.75) is 25.8 Å². The fourth-order valence-corrected chi connectivity index (χ4v) is 3.73. The molecule has 0 N–H and O–H groups in total. The fourth-order valence-electron chi connectivity index (χ4n) is 3.33. The third-order valence-electron chi connectivity index (χ3n) is 5.07. The number of rotatable bonds is 7. The summed E-state index contributed by atoms with van der Waals surface area (Å²) in [4.78, 5) is 11.0. The number of hydrogen-bond donors (Lipinski definition) is 0. The highest BCUT2D eigenvalue weighted by atomic mass is 79.9. The molecule has 1 saturated carbocycles. The van der Waals surface area contributed by atoms with Crippen LogP contribution in [0.4, 0.5) is 6.01 Å². The van der Waals surface area contributed by atoms with Gasteiger partial charge in [0.05, 0.1) is 31.4 Å². The van der Waals surface area contributed by atoms with Gasteiger partial charge in [0.2, 0.25) is 0 Å². The zero-order chi connectivity index (χ0) is 18.8. The number of ether oxygens (including phenoxy) is 2. The summed E-state index contributed by atoms with van der Waals surface area (Å²) in [6.45, 7) is 1.56. The van der Waals surface area contributed by atoms with Crippen molar-refractivity contribution in [2.24, 2.45) is 5.92 Å². The fraction of sp³-hybridized carbons (Fsp3) is 0.400. The second-order valence-electron chi connectivity index (χ2n) is 6.82. The summed E-state index contributed by atoms with van der Waals surface area (Å²) in [6.07, 6.45) is 7.25. The standard InChI is InChI=1S/C20H22BrN3O3/c1-25-15-7-6-14(18(8-15)26-2)12-24(11-13-4-3-5-13)20-23-17-10-22-9-16(21)19(17)27-20/h6-10,13H,3-5,11-12H2,1-2H3. The predicted molar refractivity (Wildman–Crippen MR) is 107 cm³/mol. The number of aromatic nitrogens is 2. The van der Waals surface area contributed by atoms with Gasteiger partial charge in [-0.15, -0.1) is 0 Å². The zero-order valence-corrected chi connectivity index (χ0v) is 17.0. The molecule has 142 valence electrons. The summed E-state index contributed by atoms with van der Waals surface area (Å²) in [7, 11) is 3.33. The quantitative estimate of drug-likeness (QED) is 0.534. The number of nitrogens with zero attached hydrogens (tertiary/aromatic N) is 3. The molecule has 0 unspecified atom stereocenters. The summed E-state index contributed by atoms with van der Waals surface area (Å²) in [5.41, 5.74) is 2.54. The van der Waals surface area contributed by atoms with Crippen LogP contribution >= 0.6 is 15.9 Å². The van der Waals surface area contributed by atoms with E-state index in [4.69, 9.17) is 13.9 Å². The van der Waals surface area contributed by atoms with Crippen LogP contribution < -0.4 is 14.4 Å². The predicted octanol–water partition coefficient (Wildman–Crippen LogP) is 4.81. The Morgan fingerprint density at radius 2 is 2.07 bits per heavy atom. The van der Waals surface area contributed by atoms with E-state index in [1.54, 1.807) is 26.6 Å². The van der Waals surface area contributed by atoms with Gasteiger partial charge >= 0.3 is 0 Å². The third-order valence-corrected chi connectivity index (χ3v) is 5.64. The van der Waals surface area contributed by atoms with Crippen molar-refractivity contribution in [3.8, 4) is 11.5 Å². The second kappa shape index (κ2) is 7.76. The Bertz CT molecular complexity index is 939. The summed E-state index contributed by atoms with van der Waals surface area (Å²) >= 11 is 3.49. The van der Waals surface area contributed by atoms with Crippen LogP contribution in [0.1, 0.15) is 24.8 Å². The van der Waals surface area contributed by atoms with E-state index < -0.39 is 0 Å². The van der Waals surface area contributed by atoms with E-state index in [0.717, 1.165) is 39.2 Å². The monoisotopic (exact) mass is 431 g/mol. The number of anilines is 1. The van der Waals surface area contributed by atoms with Crippen molar-refractivity contribution < 1.29 is 13.9 Å². The van der Waals surface area contributed by atoms with Gasteiger partial charge in [0.25, 0.3) is 6.01 Å². The van der Waals surface area contributed by atoms with Gasteiger partial charge in [0.15, 0.2) is 5.58 Å². The molecule has 0 amide bonds. The molecule has 3 aromatic rings. The lowest BCUT2D eigenvalue weighted by molar-refractivity contribution is 0.311. The van der Waals surface area contributed by atoms with E-state index >= 15 is 0 Å². The third kappa shape index (κ3) is 3.74. The van der Waals surface area contributed by atoms with Crippen LogP contribution in [0.2, 0.25) is 0 Å². The molecule has 0 bridgehead atoms. The molecular formula is C20H22BrN3O3. The Balaban J connectivity index is 1.67. The van der Waals surface area contributed by atoms with Crippen molar-refractivity contribution in [1.82, 2.24) is 9.97 Å². The van der Waals surface area contributed by atoms with Crippen molar-refractivity contribution in [3.63, 3.8) is 0 Å². The molecule has 1 aliphatic rings. The molecule has 1 aliphatic carbocycles. The molecule has 6 nitrogen and oxygen atoms in total. The van der Waals surface area contributed by atoms with Crippen molar-refractivity contribution in [3.05, 3.63) is 40.6 Å². The summed E-state index contributed by atoms with van der Waals surface area (Å²) < 4.78 is 17.8. The maximum atomic E-state index is 6.08. The van der Waals surface area contributed by atoms with Gasteiger partial charge in [0, 0.05) is 24.4 Å². The molecule has 2 heterocycles. The number of benzene rings is 1. The van der Waals surface area contributed by atoms with Crippen LogP contribution in [0, 0.1) is 5.92 Å². The molecule has 27 heavy (non-hydrogen) atoms. The maximum Gasteiger partial charge on any atom is 0.298 e. The minimum Gasteiger partial charge on any atom is -0.497 e. The van der Waals surface area contributed by atoms with Gasteiger partial charge < -0.3 is 18.8 Å². The largest absolute Gasteiger partial charge is 0.497 e. The first-order valence-corrected chi connectivity index (χ1v) is 9.83. The van der Waals surface area contributed by atoms with E-state index in [1.165, 1.54) is 19.3 Å². The number of pyridine rings is 1. The smallest absolute Gasteiger partial charge is 0.298 e. The Morgan fingerprint density at radius 3 is 2.74 bits per heavy atom. The van der Waals surface area contributed by atoms with Crippen molar-refractivity contribution >= 4 is 33.0 Å². The Labute approximate surface area is 166 Å². The van der Waals surface area contributed by atoms with E-state index in [-0.39, 0.29) is 0 Å². The molecule has 0 aliphatic heterocycles. The maximum absolute atomic E-state index is 6.08. The molecule has 7 heteroatoms. The number of methoxy groups -OCH3 is 2. The number of oxazole rings is 1. The van der Waals surface area contributed by atoms with Crippen LogP contribution in [0.25, 0.3) is 11.1 Å². The number of fused-ring (bicyclic) bond motifs is 1. The molecule has 1 fully saturated rings. The first kappa shape index (κ1) is 18.1. The van der Waals surface area contributed by atoms with Crippen LogP contribution in [0.5, 0.6) is 11.5 Å². The lowest BCUT2D eigenvalue weighted by Gasteiger charge is -2.31. The van der Waals surface area contributed by atoms with E-state index in [2.05, 4.69) is 30.8 Å². The van der Waals surface area contributed by atoms with Gasteiger partial charge in [-0.2, -0.15) is 4.98 Å². The average Bonchev–Trinajstić information content (AvgIpc) is 3.09. The minimum atomic E-state index is 0.614. The topological polar surface area (TPSA) is 60.6 Å². The van der Waals surface area contributed by atoms with E-state index in [9.17, 15) is 0 Å². The van der Waals surface area contributed by atoms with Gasteiger partial charge in [-0.1, -0.05) is 6.42 Å². The lowest BCUT2D eigenvalue weighted by Crippen LogP contribution is -2.32. The Morgan fingerprint density at radius 1 is 1.22 bits per heavy atom. The molecule has 0 radical (unpaired) electrons. The Hall–Kier alpha value is -2.28. The van der Waals surface area contributed by atoms with Crippen LogP contribution in [0.3, 0.4) is 0 Å². The van der Waals surface area contributed by atoms with Gasteiger partial charge in [0.1, 0.15) is 17.0 Å². The summed E-state index contributed by atoms with van der Waals surface area (Å²) in [5.74, 6) is 2.25. The lowest BCUT2D eigenvalue weighted by atomic mass is 9.85. The second-order valence-corrected chi connectivity index (χ2v) is 7.68. The molecule has 2 aromatic heterocycles. The van der Waals surface area contributed by atoms with Crippen LogP contribution in [-0.2, 0) is 6.54 Å². The summed E-state index contributed by atoms with van der Waals surface area (Å²) in [5, 5.41) is 0. The highest BCUT2D eigenvalue weighted by Crippen LogP contribution is 2.34. The zero-order valence-electron chi connectivity index (χ0n) is 15.4. The number of hydrogen-bond acceptors (Lipinski definition) is 6. The normalized spacial score (nSPS) is 14.2. The molecule has 0 atom stereocenters. The van der Waals surface area contributed by atoms with Crippen molar-refractivity contribution in [2.75, 3.05) is 25.7 Å². The highest BCUT2D eigenvalue weighted by Gasteiger charge is 2.25. The molecule has 1 aromatic carbocycles. The molecule has 4 rings (SSSR count). The first-order chi connectivity index (χ1) is 13.2. The number of halogens is 1. The Kier molecular flexibility index (Phi) is 5.20. The SMILES string of the molecule is COc1ccc(CN(CC2CCC2)c2nc3cncc(Br)c3o2)c(OC)c1. The highest BCUT2D eigenvalue weighted by molar-refractivity contribution is 9.10. The molecule has 0 saturated heterocycles. The molecule has 0 spiro atoms. The van der Waals surface area contributed by atoms with Crippen LogP contribution in [0.15, 0.2) is 39.5 Å². The van der Waals surface area contributed by atoms with Crippen LogP contribution in [-0.4, -0.2) is 30.7 Å². The van der Waals surface area contributed by atoms with E-state index in [1.807, 2.05) is 18.2 Å². The summed E-state index contributed by atoms with van der Waals surface area (Å²) in [6, 6.07) is 6.50. The van der Waals surface area contributed by atoms with Gasteiger partial charge in [-0.25, -0.2) is 0 Å².